The maximum Gasteiger partial charge on any atom is 0.161 e. The van der Waals surface area contributed by atoms with Crippen LogP contribution in [0.3, 0.4) is 0 Å². The van der Waals surface area contributed by atoms with Crippen LogP contribution in [0.1, 0.15) is 31.1 Å². The Kier molecular flexibility index (Phi) is 5.35. The summed E-state index contributed by atoms with van der Waals surface area (Å²) in [5, 5.41) is 3.37. The summed E-state index contributed by atoms with van der Waals surface area (Å²) in [5.41, 5.74) is 7.83. The molecule has 0 bridgehead atoms. The molecule has 0 aliphatic carbocycles. The molecule has 1 atom stereocenters. The summed E-state index contributed by atoms with van der Waals surface area (Å²) >= 11 is 1.89. The van der Waals surface area contributed by atoms with E-state index in [-0.39, 0.29) is 5.78 Å². The number of carbonyl (C=O) groups is 1. The van der Waals surface area contributed by atoms with Gasteiger partial charge in [-0.05, 0) is 37.8 Å². The van der Waals surface area contributed by atoms with E-state index in [0.29, 0.717) is 17.3 Å². The monoisotopic (exact) mass is 252 g/mol. The van der Waals surface area contributed by atoms with Crippen LogP contribution >= 0.6 is 11.8 Å². The van der Waals surface area contributed by atoms with Crippen LogP contribution in [0.5, 0.6) is 0 Å². The lowest BCUT2D eigenvalue weighted by Crippen LogP contribution is -2.18. The van der Waals surface area contributed by atoms with Crippen molar-refractivity contribution in [2.24, 2.45) is 0 Å². The Hall–Kier alpha value is -1.16. The Morgan fingerprint density at radius 2 is 2.24 bits per heavy atom. The zero-order chi connectivity index (χ0) is 12.8. The number of nitrogen functional groups attached to an aromatic ring is 1. The number of benzene rings is 1. The first-order valence-electron chi connectivity index (χ1n) is 5.79. The summed E-state index contributed by atoms with van der Waals surface area (Å²) in [6.45, 7) is 5.81. The van der Waals surface area contributed by atoms with Gasteiger partial charge in [-0.25, -0.2) is 0 Å². The summed E-state index contributed by atoms with van der Waals surface area (Å²) in [4.78, 5) is 11.4. The Balaban J connectivity index is 2.72. The highest BCUT2D eigenvalue weighted by molar-refractivity contribution is 7.99. The quantitative estimate of drug-likeness (QED) is 0.603. The molecule has 94 valence electrons. The van der Waals surface area contributed by atoms with Gasteiger partial charge in [0.05, 0.1) is 0 Å². The molecule has 1 rings (SSSR count). The van der Waals surface area contributed by atoms with Crippen molar-refractivity contribution in [1.82, 2.24) is 0 Å². The Bertz CT molecular complexity index is 393. The molecule has 4 heteroatoms. The zero-order valence-electron chi connectivity index (χ0n) is 10.6. The molecule has 0 radical (unpaired) electrons. The lowest BCUT2D eigenvalue weighted by molar-refractivity contribution is 0.101. The molecule has 0 amide bonds. The molecule has 0 spiro atoms. The summed E-state index contributed by atoms with van der Waals surface area (Å²) in [5.74, 6) is 2.17. The molecule has 1 aromatic rings. The molecular weight excluding hydrogens is 232 g/mol. The molecule has 0 aliphatic rings. The van der Waals surface area contributed by atoms with Gasteiger partial charge in [-0.15, -0.1) is 0 Å². The minimum Gasteiger partial charge on any atom is -0.398 e. The molecule has 17 heavy (non-hydrogen) atoms. The van der Waals surface area contributed by atoms with Gasteiger partial charge in [-0.3, -0.25) is 4.79 Å². The molecule has 1 aromatic carbocycles. The highest BCUT2D eigenvalue weighted by atomic mass is 32.2. The van der Waals surface area contributed by atoms with E-state index in [4.69, 9.17) is 5.73 Å². The predicted octanol–water partition coefficient (Wildman–Crippen LogP) is 3.02. The normalized spacial score (nSPS) is 12.2. The van der Waals surface area contributed by atoms with E-state index in [0.717, 1.165) is 17.2 Å². The smallest absolute Gasteiger partial charge is 0.161 e. The van der Waals surface area contributed by atoms with Crippen LogP contribution in [0, 0.1) is 0 Å². The summed E-state index contributed by atoms with van der Waals surface area (Å²) in [7, 11) is 0. The van der Waals surface area contributed by atoms with Crippen molar-refractivity contribution in [3.05, 3.63) is 23.8 Å². The first kappa shape index (κ1) is 13.9. The first-order valence-corrected chi connectivity index (χ1v) is 6.94. The third-order valence-corrected chi connectivity index (χ3v) is 3.56. The van der Waals surface area contributed by atoms with Crippen molar-refractivity contribution in [2.75, 3.05) is 22.6 Å². The number of anilines is 2. The molecule has 1 unspecified atom stereocenters. The van der Waals surface area contributed by atoms with E-state index in [1.807, 2.05) is 23.9 Å². The Labute approximate surface area is 107 Å². The summed E-state index contributed by atoms with van der Waals surface area (Å²) in [6.07, 6.45) is 0. The zero-order valence-corrected chi connectivity index (χ0v) is 11.4. The van der Waals surface area contributed by atoms with Gasteiger partial charge in [0.2, 0.25) is 0 Å². The number of rotatable bonds is 6. The second kappa shape index (κ2) is 6.55. The first-order chi connectivity index (χ1) is 8.04. The van der Waals surface area contributed by atoms with E-state index in [2.05, 4.69) is 19.2 Å². The number of nitrogens with one attached hydrogen (secondary N) is 1. The molecule has 3 nitrogen and oxygen atoms in total. The third kappa shape index (κ3) is 4.30. The van der Waals surface area contributed by atoms with E-state index in [1.54, 1.807) is 6.07 Å². The predicted molar refractivity (Wildman–Crippen MR) is 76.9 cm³/mol. The third-order valence-electron chi connectivity index (χ3n) is 2.42. The molecular formula is C13H20N2OS. The van der Waals surface area contributed by atoms with Crippen molar-refractivity contribution in [3.63, 3.8) is 0 Å². The van der Waals surface area contributed by atoms with E-state index in [1.165, 1.54) is 6.92 Å². The molecule has 0 saturated heterocycles. The molecule has 3 N–H and O–H groups in total. The van der Waals surface area contributed by atoms with Crippen LogP contribution in [0.25, 0.3) is 0 Å². The number of hydrogen-bond acceptors (Lipinski definition) is 4. The Morgan fingerprint density at radius 1 is 1.53 bits per heavy atom. The van der Waals surface area contributed by atoms with Gasteiger partial charge in [0, 0.05) is 28.7 Å². The average molecular weight is 252 g/mol. The van der Waals surface area contributed by atoms with Gasteiger partial charge in [0.25, 0.3) is 0 Å². The lowest BCUT2D eigenvalue weighted by Gasteiger charge is -2.15. The number of nitrogens with two attached hydrogens (primary N) is 1. The molecule has 0 heterocycles. The van der Waals surface area contributed by atoms with Crippen LogP contribution < -0.4 is 11.1 Å². The van der Waals surface area contributed by atoms with Crippen molar-refractivity contribution in [3.8, 4) is 0 Å². The van der Waals surface area contributed by atoms with Gasteiger partial charge in [-0.2, -0.15) is 11.8 Å². The van der Waals surface area contributed by atoms with Crippen LogP contribution in [0.15, 0.2) is 18.2 Å². The number of thioether (sulfide) groups is 1. The Morgan fingerprint density at radius 3 is 2.82 bits per heavy atom. The van der Waals surface area contributed by atoms with Crippen LogP contribution in [-0.4, -0.2) is 23.3 Å². The molecule has 0 aliphatic heterocycles. The van der Waals surface area contributed by atoms with Crippen LogP contribution in [-0.2, 0) is 0 Å². The number of hydrogen-bond donors (Lipinski definition) is 2. The van der Waals surface area contributed by atoms with Crippen LogP contribution in [0.4, 0.5) is 11.4 Å². The van der Waals surface area contributed by atoms with Gasteiger partial charge in [0.15, 0.2) is 5.78 Å². The minimum absolute atomic E-state index is 0.00161. The standard InChI is InChI=1S/C13H20N2OS/c1-4-17-8-9(2)15-11-5-6-13(14)12(7-11)10(3)16/h5-7,9,15H,4,8,14H2,1-3H3. The second-order valence-electron chi connectivity index (χ2n) is 4.06. The highest BCUT2D eigenvalue weighted by Crippen LogP contribution is 2.19. The van der Waals surface area contributed by atoms with Gasteiger partial charge in [-0.1, -0.05) is 6.92 Å². The topological polar surface area (TPSA) is 55.1 Å². The van der Waals surface area contributed by atoms with Gasteiger partial charge >= 0.3 is 0 Å². The average Bonchev–Trinajstić information content (AvgIpc) is 2.28. The molecule has 0 saturated carbocycles. The van der Waals surface area contributed by atoms with Crippen molar-refractivity contribution < 1.29 is 4.79 Å². The van der Waals surface area contributed by atoms with Crippen molar-refractivity contribution in [1.29, 1.82) is 0 Å². The molecule has 0 aromatic heterocycles. The second-order valence-corrected chi connectivity index (χ2v) is 5.38. The number of Topliss-reactive ketones (excluding diaryl/α,β-unsaturated/α-hetero) is 1. The fraction of sp³-hybridized carbons (Fsp3) is 0.462. The molecule has 0 fully saturated rings. The van der Waals surface area contributed by atoms with Crippen LogP contribution in [0.2, 0.25) is 0 Å². The number of ketones is 1. The van der Waals surface area contributed by atoms with Gasteiger partial charge < -0.3 is 11.1 Å². The van der Waals surface area contributed by atoms with E-state index >= 15 is 0 Å². The SMILES string of the molecule is CCSCC(C)Nc1ccc(N)c(C(C)=O)c1. The highest BCUT2D eigenvalue weighted by Gasteiger charge is 2.07. The largest absolute Gasteiger partial charge is 0.398 e. The fourth-order valence-corrected chi connectivity index (χ4v) is 2.24. The lowest BCUT2D eigenvalue weighted by atomic mass is 10.1. The fourth-order valence-electron chi connectivity index (χ4n) is 1.57. The van der Waals surface area contributed by atoms with Gasteiger partial charge in [0.1, 0.15) is 0 Å². The summed E-state index contributed by atoms with van der Waals surface area (Å²) < 4.78 is 0. The van der Waals surface area contributed by atoms with Crippen molar-refractivity contribution in [2.45, 2.75) is 26.8 Å². The van der Waals surface area contributed by atoms with Crippen molar-refractivity contribution >= 4 is 28.9 Å². The number of carbonyl (C=O) groups excluding carboxylic acids is 1. The van der Waals surface area contributed by atoms with E-state index < -0.39 is 0 Å². The van der Waals surface area contributed by atoms with E-state index in [9.17, 15) is 4.79 Å². The maximum absolute atomic E-state index is 11.4. The summed E-state index contributed by atoms with van der Waals surface area (Å²) in [6, 6.07) is 5.89. The maximum atomic E-state index is 11.4. The minimum atomic E-state index is 0.00161.